The Labute approximate surface area is 120 Å². The normalized spacial score (nSPS) is 25.9. The Hall–Kier alpha value is -1.32. The standard InChI is InChI=1S/C17H24N2O/c1-12-7-8-13(2)19(11-12)15(10-18)17-9-14-5-3-4-6-16(14)20-17/h3-6,9,12-13,15H,7-8,10-11,18H2,1-2H3. The van der Waals surface area contributed by atoms with Crippen molar-refractivity contribution in [3.05, 3.63) is 36.1 Å². The molecule has 1 aliphatic heterocycles. The van der Waals surface area contributed by atoms with Crippen molar-refractivity contribution in [2.24, 2.45) is 11.7 Å². The number of hydrogen-bond acceptors (Lipinski definition) is 3. The van der Waals surface area contributed by atoms with Crippen molar-refractivity contribution in [2.75, 3.05) is 13.1 Å². The van der Waals surface area contributed by atoms with Gasteiger partial charge in [-0.15, -0.1) is 0 Å². The highest BCUT2D eigenvalue weighted by Gasteiger charge is 2.31. The molecule has 0 spiro atoms. The van der Waals surface area contributed by atoms with Crippen molar-refractivity contribution in [2.45, 2.75) is 38.8 Å². The smallest absolute Gasteiger partial charge is 0.134 e. The molecule has 0 saturated carbocycles. The predicted octanol–water partition coefficient (Wildman–Crippen LogP) is 3.55. The van der Waals surface area contributed by atoms with Gasteiger partial charge in [0.1, 0.15) is 11.3 Å². The van der Waals surface area contributed by atoms with E-state index in [1.54, 1.807) is 0 Å². The minimum Gasteiger partial charge on any atom is -0.459 e. The van der Waals surface area contributed by atoms with Crippen molar-refractivity contribution in [3.63, 3.8) is 0 Å². The number of fused-ring (bicyclic) bond motifs is 1. The van der Waals surface area contributed by atoms with Crippen LogP contribution in [0.2, 0.25) is 0 Å². The number of hydrogen-bond donors (Lipinski definition) is 1. The number of rotatable bonds is 3. The van der Waals surface area contributed by atoms with Crippen molar-refractivity contribution >= 4 is 11.0 Å². The summed E-state index contributed by atoms with van der Waals surface area (Å²) in [4.78, 5) is 2.52. The van der Waals surface area contributed by atoms with Gasteiger partial charge >= 0.3 is 0 Å². The maximum absolute atomic E-state index is 6.06. The van der Waals surface area contributed by atoms with Gasteiger partial charge in [-0.05, 0) is 37.8 Å². The molecule has 3 rings (SSSR count). The first-order valence-corrected chi connectivity index (χ1v) is 7.63. The van der Waals surface area contributed by atoms with Gasteiger partial charge in [0.25, 0.3) is 0 Å². The number of para-hydroxylation sites is 1. The van der Waals surface area contributed by atoms with Crippen molar-refractivity contribution in [3.8, 4) is 0 Å². The molecule has 0 aliphatic carbocycles. The van der Waals surface area contributed by atoms with Gasteiger partial charge in [0.15, 0.2) is 0 Å². The zero-order valence-electron chi connectivity index (χ0n) is 12.4. The molecule has 1 saturated heterocycles. The van der Waals surface area contributed by atoms with Crippen LogP contribution in [0.25, 0.3) is 11.0 Å². The number of nitrogens with zero attached hydrogens (tertiary/aromatic N) is 1. The lowest BCUT2D eigenvalue weighted by molar-refractivity contribution is 0.0703. The van der Waals surface area contributed by atoms with E-state index in [0.717, 1.165) is 23.8 Å². The van der Waals surface area contributed by atoms with E-state index in [2.05, 4.69) is 30.9 Å². The lowest BCUT2D eigenvalue weighted by Gasteiger charge is -2.40. The van der Waals surface area contributed by atoms with E-state index >= 15 is 0 Å². The third-order valence-electron chi connectivity index (χ3n) is 4.56. The molecule has 3 nitrogen and oxygen atoms in total. The number of piperidine rings is 1. The van der Waals surface area contributed by atoms with Crippen molar-refractivity contribution < 1.29 is 4.42 Å². The number of furan rings is 1. The summed E-state index contributed by atoms with van der Waals surface area (Å²) in [6, 6.07) is 11.1. The summed E-state index contributed by atoms with van der Waals surface area (Å²) in [7, 11) is 0. The van der Waals surface area contributed by atoms with E-state index in [-0.39, 0.29) is 6.04 Å². The Bertz CT molecular complexity index is 544. The highest BCUT2D eigenvalue weighted by Crippen LogP contribution is 2.32. The van der Waals surface area contributed by atoms with E-state index in [9.17, 15) is 0 Å². The molecule has 3 unspecified atom stereocenters. The largest absolute Gasteiger partial charge is 0.459 e. The molecule has 2 aromatic rings. The first-order chi connectivity index (χ1) is 9.69. The molecule has 108 valence electrons. The molecule has 0 amide bonds. The van der Waals surface area contributed by atoms with Gasteiger partial charge in [0.05, 0.1) is 6.04 Å². The van der Waals surface area contributed by atoms with Crippen LogP contribution in [0.15, 0.2) is 34.7 Å². The average molecular weight is 272 g/mol. The van der Waals surface area contributed by atoms with Crippen LogP contribution in [-0.2, 0) is 0 Å². The van der Waals surface area contributed by atoms with E-state index in [0.29, 0.717) is 12.6 Å². The van der Waals surface area contributed by atoms with Gasteiger partial charge in [-0.25, -0.2) is 0 Å². The fourth-order valence-electron chi connectivity index (χ4n) is 3.34. The molecule has 1 aromatic heterocycles. The van der Waals surface area contributed by atoms with Crippen molar-refractivity contribution in [1.82, 2.24) is 4.90 Å². The van der Waals surface area contributed by atoms with Crippen LogP contribution in [0.1, 0.15) is 38.5 Å². The van der Waals surface area contributed by atoms with Crippen LogP contribution in [0.5, 0.6) is 0 Å². The van der Waals surface area contributed by atoms with E-state index in [4.69, 9.17) is 10.2 Å². The Kier molecular flexibility index (Phi) is 3.81. The SMILES string of the molecule is CC1CCC(C)N(C(CN)c2cc3ccccc3o2)C1. The molecular weight excluding hydrogens is 248 g/mol. The molecule has 3 heteroatoms. The van der Waals surface area contributed by atoms with Crippen LogP contribution in [0, 0.1) is 5.92 Å². The minimum absolute atomic E-state index is 0.195. The maximum atomic E-state index is 6.06. The first kappa shape index (κ1) is 13.7. The zero-order valence-corrected chi connectivity index (χ0v) is 12.4. The molecule has 20 heavy (non-hydrogen) atoms. The summed E-state index contributed by atoms with van der Waals surface area (Å²) in [6.45, 7) is 6.35. The molecule has 2 heterocycles. The Morgan fingerprint density at radius 3 is 2.85 bits per heavy atom. The summed E-state index contributed by atoms with van der Waals surface area (Å²) < 4.78 is 6.04. The van der Waals surface area contributed by atoms with E-state index < -0.39 is 0 Å². The fourth-order valence-corrected chi connectivity index (χ4v) is 3.34. The lowest BCUT2D eigenvalue weighted by Crippen LogP contribution is -2.45. The van der Waals surface area contributed by atoms with Crippen LogP contribution >= 0.6 is 0 Å². The number of nitrogens with two attached hydrogens (primary N) is 1. The molecule has 2 N–H and O–H groups in total. The monoisotopic (exact) mass is 272 g/mol. The van der Waals surface area contributed by atoms with E-state index in [1.807, 2.05) is 18.2 Å². The Morgan fingerprint density at radius 2 is 2.10 bits per heavy atom. The second-order valence-electron chi connectivity index (χ2n) is 6.17. The highest BCUT2D eigenvalue weighted by molar-refractivity contribution is 5.77. The van der Waals surface area contributed by atoms with Crippen molar-refractivity contribution in [1.29, 1.82) is 0 Å². The highest BCUT2D eigenvalue weighted by atomic mass is 16.3. The van der Waals surface area contributed by atoms with Gasteiger partial charge in [0.2, 0.25) is 0 Å². The minimum atomic E-state index is 0.195. The van der Waals surface area contributed by atoms with Gasteiger partial charge in [-0.2, -0.15) is 0 Å². The summed E-state index contributed by atoms with van der Waals surface area (Å²) in [5.74, 6) is 1.75. The van der Waals surface area contributed by atoms with E-state index in [1.165, 1.54) is 18.2 Å². The molecule has 1 aromatic carbocycles. The quantitative estimate of drug-likeness (QED) is 0.929. The summed E-state index contributed by atoms with van der Waals surface area (Å²) >= 11 is 0. The van der Waals surface area contributed by atoms with Gasteiger partial charge in [0, 0.05) is 24.5 Å². The predicted molar refractivity (Wildman–Crippen MR) is 82.6 cm³/mol. The number of benzene rings is 1. The molecule has 1 fully saturated rings. The summed E-state index contributed by atoms with van der Waals surface area (Å²) in [5, 5.41) is 1.17. The number of likely N-dealkylation sites (tertiary alicyclic amines) is 1. The zero-order chi connectivity index (χ0) is 14.1. The topological polar surface area (TPSA) is 42.4 Å². The second kappa shape index (κ2) is 5.58. The van der Waals surface area contributed by atoms with Gasteiger partial charge in [-0.3, -0.25) is 4.90 Å². The third-order valence-corrected chi connectivity index (χ3v) is 4.56. The molecule has 3 atom stereocenters. The first-order valence-electron chi connectivity index (χ1n) is 7.63. The molecule has 0 radical (unpaired) electrons. The van der Waals surface area contributed by atoms with Crippen LogP contribution in [0.4, 0.5) is 0 Å². The molecule has 1 aliphatic rings. The second-order valence-corrected chi connectivity index (χ2v) is 6.17. The summed E-state index contributed by atoms with van der Waals surface area (Å²) in [5.41, 5.74) is 7.02. The van der Waals surface area contributed by atoms with Gasteiger partial charge in [-0.1, -0.05) is 25.1 Å². The third kappa shape index (κ3) is 2.48. The Balaban J connectivity index is 1.92. The molecular formula is C17H24N2O. The molecule has 0 bridgehead atoms. The van der Waals surface area contributed by atoms with Crippen LogP contribution < -0.4 is 5.73 Å². The average Bonchev–Trinajstić information content (AvgIpc) is 2.87. The fraction of sp³-hybridized carbons (Fsp3) is 0.529. The summed E-state index contributed by atoms with van der Waals surface area (Å²) in [6.07, 6.45) is 2.56. The lowest BCUT2D eigenvalue weighted by atomic mass is 9.93. The van der Waals surface area contributed by atoms with Gasteiger partial charge < -0.3 is 10.2 Å². The van der Waals surface area contributed by atoms with Crippen LogP contribution in [-0.4, -0.2) is 24.0 Å². The Morgan fingerprint density at radius 1 is 1.30 bits per heavy atom. The van der Waals surface area contributed by atoms with Crippen LogP contribution in [0.3, 0.4) is 0 Å². The maximum Gasteiger partial charge on any atom is 0.134 e.